The maximum absolute atomic E-state index is 12.7. The van der Waals surface area contributed by atoms with Crippen molar-refractivity contribution in [2.75, 3.05) is 11.4 Å². The number of aromatic nitrogens is 3. The molecule has 29 heavy (non-hydrogen) atoms. The zero-order valence-corrected chi connectivity index (χ0v) is 17.0. The van der Waals surface area contributed by atoms with E-state index in [1.54, 1.807) is 6.20 Å². The van der Waals surface area contributed by atoms with E-state index in [0.29, 0.717) is 24.2 Å². The van der Waals surface area contributed by atoms with E-state index in [9.17, 15) is 9.59 Å². The Bertz CT molecular complexity index is 1070. The van der Waals surface area contributed by atoms with Crippen LogP contribution in [0.15, 0.2) is 36.5 Å². The topological polar surface area (TPSA) is 80.1 Å². The Morgan fingerprint density at radius 2 is 2.00 bits per heavy atom. The van der Waals surface area contributed by atoms with Crippen LogP contribution < -0.4 is 10.2 Å². The van der Waals surface area contributed by atoms with Crippen molar-refractivity contribution in [3.05, 3.63) is 53.3 Å². The second-order valence-electron chi connectivity index (χ2n) is 7.72. The van der Waals surface area contributed by atoms with Crippen LogP contribution in [-0.2, 0) is 11.3 Å². The van der Waals surface area contributed by atoms with Gasteiger partial charge >= 0.3 is 0 Å². The molecule has 0 spiro atoms. The van der Waals surface area contributed by atoms with E-state index in [2.05, 4.69) is 29.2 Å². The van der Waals surface area contributed by atoms with Gasteiger partial charge in [0, 0.05) is 36.6 Å². The van der Waals surface area contributed by atoms with Gasteiger partial charge in [0.15, 0.2) is 5.65 Å². The van der Waals surface area contributed by atoms with Crippen LogP contribution in [0.5, 0.6) is 0 Å². The number of anilines is 1. The number of hydrogen-bond donors (Lipinski definition) is 1. The molecule has 2 amide bonds. The summed E-state index contributed by atoms with van der Waals surface area (Å²) in [5.74, 6) is 0.0122. The zero-order valence-electron chi connectivity index (χ0n) is 17.0. The minimum atomic E-state index is -0.159. The minimum absolute atomic E-state index is 0.159. The van der Waals surface area contributed by atoms with E-state index in [0.717, 1.165) is 35.2 Å². The summed E-state index contributed by atoms with van der Waals surface area (Å²) in [6.45, 7) is 7.13. The van der Waals surface area contributed by atoms with Crippen molar-refractivity contribution < 1.29 is 9.59 Å². The first-order chi connectivity index (χ1) is 13.9. The molecule has 1 aliphatic heterocycles. The Labute approximate surface area is 169 Å². The minimum Gasteiger partial charge on any atom is -0.348 e. The summed E-state index contributed by atoms with van der Waals surface area (Å²) in [6, 6.07) is 9.82. The summed E-state index contributed by atoms with van der Waals surface area (Å²) >= 11 is 0. The first-order valence-electron chi connectivity index (χ1n) is 9.96. The first-order valence-corrected chi connectivity index (χ1v) is 9.96. The third-order valence-electron chi connectivity index (χ3n) is 5.27. The van der Waals surface area contributed by atoms with Crippen molar-refractivity contribution in [2.24, 2.45) is 0 Å². The van der Waals surface area contributed by atoms with Gasteiger partial charge in [0.25, 0.3) is 5.91 Å². The molecule has 1 aromatic carbocycles. The molecular weight excluding hydrogens is 366 g/mol. The monoisotopic (exact) mass is 391 g/mol. The highest BCUT2D eigenvalue weighted by molar-refractivity contribution is 5.98. The number of nitrogens with one attached hydrogen (secondary N) is 1. The van der Waals surface area contributed by atoms with Gasteiger partial charge < -0.3 is 10.2 Å². The number of hydrogen-bond acceptors (Lipinski definition) is 4. The van der Waals surface area contributed by atoms with E-state index in [1.165, 1.54) is 0 Å². The largest absolute Gasteiger partial charge is 0.348 e. The van der Waals surface area contributed by atoms with E-state index >= 15 is 0 Å². The fraction of sp³-hybridized carbons (Fsp3) is 0.364. The molecule has 1 aliphatic rings. The van der Waals surface area contributed by atoms with Crippen LogP contribution in [0.3, 0.4) is 0 Å². The summed E-state index contributed by atoms with van der Waals surface area (Å²) in [5, 5.41) is 8.19. The van der Waals surface area contributed by atoms with Gasteiger partial charge in [-0.05, 0) is 51.0 Å². The van der Waals surface area contributed by atoms with Crippen LogP contribution in [0.25, 0.3) is 11.0 Å². The van der Waals surface area contributed by atoms with E-state index in [1.807, 2.05) is 46.8 Å². The third-order valence-corrected chi connectivity index (χ3v) is 5.27. The molecule has 1 fully saturated rings. The van der Waals surface area contributed by atoms with Gasteiger partial charge in [-0.1, -0.05) is 12.1 Å². The Balaban J connectivity index is 1.45. The number of nitrogens with zero attached hydrogens (tertiary/aromatic N) is 4. The lowest BCUT2D eigenvalue weighted by molar-refractivity contribution is -0.117. The van der Waals surface area contributed by atoms with Crippen molar-refractivity contribution in [3.63, 3.8) is 0 Å². The normalized spacial score (nSPS) is 14.2. The van der Waals surface area contributed by atoms with Crippen LogP contribution in [0.1, 0.15) is 54.3 Å². The van der Waals surface area contributed by atoms with Gasteiger partial charge in [0.05, 0.1) is 17.5 Å². The lowest BCUT2D eigenvalue weighted by atomic mass is 10.1. The number of rotatable bonds is 5. The Kier molecular flexibility index (Phi) is 5.05. The summed E-state index contributed by atoms with van der Waals surface area (Å²) in [5.41, 5.74) is 3.92. The number of amides is 2. The van der Waals surface area contributed by atoms with Gasteiger partial charge in [-0.15, -0.1) is 0 Å². The molecule has 3 heterocycles. The second-order valence-corrected chi connectivity index (χ2v) is 7.72. The summed E-state index contributed by atoms with van der Waals surface area (Å²) in [7, 11) is 0. The Morgan fingerprint density at radius 1 is 1.24 bits per heavy atom. The van der Waals surface area contributed by atoms with Gasteiger partial charge in [-0.2, -0.15) is 5.10 Å². The van der Waals surface area contributed by atoms with Crippen LogP contribution in [0.2, 0.25) is 0 Å². The number of carbonyl (C=O) groups excluding carboxylic acids is 2. The average molecular weight is 391 g/mol. The maximum atomic E-state index is 12.7. The standard InChI is InChI=1S/C22H25N5O2/c1-14(2)27-21-17(13-24-27)11-19(15(3)25-21)22(29)23-12-16-6-8-18(9-7-16)26-10-4-5-20(26)28/h6-9,11,13-14H,4-5,10,12H2,1-3H3,(H,23,29). The molecule has 7 heteroatoms. The van der Waals surface area contributed by atoms with E-state index < -0.39 is 0 Å². The Morgan fingerprint density at radius 3 is 2.66 bits per heavy atom. The predicted octanol–water partition coefficient (Wildman–Crippen LogP) is 3.38. The highest BCUT2D eigenvalue weighted by atomic mass is 16.2. The first kappa shape index (κ1) is 19.1. The molecule has 3 aromatic rings. The maximum Gasteiger partial charge on any atom is 0.253 e. The lowest BCUT2D eigenvalue weighted by Gasteiger charge is -2.16. The molecule has 0 radical (unpaired) electrons. The second kappa shape index (κ2) is 7.66. The molecule has 1 N–H and O–H groups in total. The predicted molar refractivity (Wildman–Crippen MR) is 112 cm³/mol. The number of aryl methyl sites for hydroxylation is 1. The van der Waals surface area contributed by atoms with Crippen LogP contribution in [0.4, 0.5) is 5.69 Å². The molecule has 0 unspecified atom stereocenters. The van der Waals surface area contributed by atoms with Crippen molar-refractivity contribution in [1.29, 1.82) is 0 Å². The van der Waals surface area contributed by atoms with Crippen molar-refractivity contribution >= 4 is 28.5 Å². The summed E-state index contributed by atoms with van der Waals surface area (Å²) in [6.07, 6.45) is 3.27. The highest BCUT2D eigenvalue weighted by Gasteiger charge is 2.21. The molecule has 0 atom stereocenters. The van der Waals surface area contributed by atoms with Crippen LogP contribution in [-0.4, -0.2) is 33.1 Å². The molecular formula is C22H25N5O2. The third kappa shape index (κ3) is 3.72. The molecule has 4 rings (SSSR count). The van der Waals surface area contributed by atoms with Gasteiger partial charge in [-0.3, -0.25) is 9.59 Å². The van der Waals surface area contributed by atoms with Gasteiger partial charge in [0.2, 0.25) is 5.91 Å². The van der Waals surface area contributed by atoms with Crippen LogP contribution >= 0.6 is 0 Å². The SMILES string of the molecule is Cc1nc2c(cnn2C(C)C)cc1C(=O)NCc1ccc(N2CCCC2=O)cc1. The van der Waals surface area contributed by atoms with E-state index in [4.69, 9.17) is 0 Å². The van der Waals surface area contributed by atoms with Crippen molar-refractivity contribution in [1.82, 2.24) is 20.1 Å². The average Bonchev–Trinajstić information content (AvgIpc) is 3.31. The molecule has 0 bridgehead atoms. The van der Waals surface area contributed by atoms with Gasteiger partial charge in [-0.25, -0.2) is 9.67 Å². The lowest BCUT2D eigenvalue weighted by Crippen LogP contribution is -2.25. The van der Waals surface area contributed by atoms with E-state index in [-0.39, 0.29) is 17.9 Å². The fourth-order valence-corrected chi connectivity index (χ4v) is 3.67. The van der Waals surface area contributed by atoms with Crippen molar-refractivity contribution in [2.45, 2.75) is 46.2 Å². The Hall–Kier alpha value is -3.22. The molecule has 7 nitrogen and oxygen atoms in total. The van der Waals surface area contributed by atoms with Gasteiger partial charge in [0.1, 0.15) is 0 Å². The number of pyridine rings is 1. The molecule has 0 saturated carbocycles. The summed E-state index contributed by atoms with van der Waals surface area (Å²) < 4.78 is 1.86. The molecule has 0 aliphatic carbocycles. The number of carbonyl (C=O) groups is 2. The molecule has 1 saturated heterocycles. The number of benzene rings is 1. The fourth-order valence-electron chi connectivity index (χ4n) is 3.67. The van der Waals surface area contributed by atoms with Crippen LogP contribution in [0, 0.1) is 6.92 Å². The molecule has 150 valence electrons. The molecule has 2 aromatic heterocycles. The zero-order chi connectivity index (χ0) is 20.5. The summed E-state index contributed by atoms with van der Waals surface area (Å²) in [4.78, 5) is 31.0. The number of fused-ring (bicyclic) bond motifs is 1. The smallest absolute Gasteiger partial charge is 0.253 e. The van der Waals surface area contributed by atoms with Crippen molar-refractivity contribution in [3.8, 4) is 0 Å². The quantitative estimate of drug-likeness (QED) is 0.723. The highest BCUT2D eigenvalue weighted by Crippen LogP contribution is 2.22.